The highest BCUT2D eigenvalue weighted by Gasteiger charge is 2.31. The summed E-state index contributed by atoms with van der Waals surface area (Å²) in [7, 11) is 1.68. The Balaban J connectivity index is 1.54. The average Bonchev–Trinajstić information content (AvgIpc) is 3.18. The highest BCUT2D eigenvalue weighted by atomic mass is 35.5. The maximum atomic E-state index is 13.8. The number of carboxylic acid groups (broad SMARTS) is 1. The second-order valence-corrected chi connectivity index (χ2v) is 8.90. The number of nitrogens with zero attached hydrogens (tertiary/aromatic N) is 1. The van der Waals surface area contributed by atoms with Crippen molar-refractivity contribution < 1.29 is 28.9 Å². The van der Waals surface area contributed by atoms with Crippen molar-refractivity contribution in [2.24, 2.45) is 13.0 Å². The van der Waals surface area contributed by atoms with Crippen molar-refractivity contribution >= 4 is 34.4 Å². The van der Waals surface area contributed by atoms with Crippen LogP contribution >= 0.6 is 11.6 Å². The fraction of sp³-hybridized carbons (Fsp3) is 0.360. The van der Waals surface area contributed by atoms with Crippen LogP contribution in [-0.4, -0.2) is 46.5 Å². The summed E-state index contributed by atoms with van der Waals surface area (Å²) in [5.74, 6) is -2.54. The van der Waals surface area contributed by atoms with E-state index in [2.05, 4.69) is 5.32 Å². The van der Waals surface area contributed by atoms with E-state index in [1.54, 1.807) is 41.9 Å². The molecule has 180 valence electrons. The van der Waals surface area contributed by atoms with Crippen LogP contribution in [-0.2, 0) is 16.6 Å². The Morgan fingerprint density at radius 3 is 2.44 bits per heavy atom. The lowest BCUT2D eigenvalue weighted by atomic mass is 9.81. The zero-order valence-corrected chi connectivity index (χ0v) is 19.4. The van der Waals surface area contributed by atoms with E-state index in [1.165, 1.54) is 12.1 Å². The van der Waals surface area contributed by atoms with Gasteiger partial charge in [-0.05, 0) is 48.1 Å². The van der Waals surface area contributed by atoms with E-state index >= 15 is 0 Å². The van der Waals surface area contributed by atoms with E-state index in [0.717, 1.165) is 0 Å². The summed E-state index contributed by atoms with van der Waals surface area (Å²) < 4.78 is 20.8. The van der Waals surface area contributed by atoms with Crippen molar-refractivity contribution in [3.63, 3.8) is 0 Å². The first-order chi connectivity index (χ1) is 16.3. The smallest absolute Gasteiger partial charge is 0.311 e. The lowest BCUT2D eigenvalue weighted by molar-refractivity contribution is -0.141. The van der Waals surface area contributed by atoms with Crippen molar-refractivity contribution in [3.8, 4) is 0 Å². The number of hydrogen-bond acceptors (Lipinski definition) is 4. The van der Waals surface area contributed by atoms with Gasteiger partial charge in [0.05, 0.1) is 29.1 Å². The van der Waals surface area contributed by atoms with Gasteiger partial charge in [-0.2, -0.15) is 0 Å². The largest absolute Gasteiger partial charge is 0.481 e. The van der Waals surface area contributed by atoms with E-state index in [9.17, 15) is 24.2 Å². The summed E-state index contributed by atoms with van der Waals surface area (Å²) in [6.07, 6.45) is 1.37. The van der Waals surface area contributed by atoms with Crippen molar-refractivity contribution in [2.75, 3.05) is 19.8 Å². The number of aliphatic hydroxyl groups is 1. The predicted octanol–water partition coefficient (Wildman–Crippen LogP) is 4.03. The number of halogens is 2. The molecule has 1 fully saturated rings. The van der Waals surface area contributed by atoms with Crippen molar-refractivity contribution in [1.82, 2.24) is 9.88 Å². The molecular formula is C25H26ClFN2O5. The number of aliphatic carboxylic acids is 1. The number of benzene rings is 2. The molecule has 0 aliphatic carbocycles. The molecule has 2 heterocycles. The van der Waals surface area contributed by atoms with E-state index < -0.39 is 29.7 Å². The molecule has 2 aromatic carbocycles. The molecule has 0 saturated carbocycles. The molecular weight excluding hydrogens is 463 g/mol. The van der Waals surface area contributed by atoms with Crippen LogP contribution in [0.15, 0.2) is 42.5 Å². The molecule has 7 nitrogen and oxygen atoms in total. The van der Waals surface area contributed by atoms with Crippen molar-refractivity contribution in [3.05, 3.63) is 70.1 Å². The third-order valence-corrected chi connectivity index (χ3v) is 6.92. The quantitative estimate of drug-likeness (QED) is 0.466. The molecule has 3 aromatic rings. The van der Waals surface area contributed by atoms with Gasteiger partial charge in [0.2, 0.25) is 0 Å². The molecule has 1 aromatic heterocycles. The second kappa shape index (κ2) is 10.1. The maximum absolute atomic E-state index is 13.8. The summed E-state index contributed by atoms with van der Waals surface area (Å²) >= 11 is 6.05. The zero-order valence-electron chi connectivity index (χ0n) is 18.6. The van der Waals surface area contributed by atoms with Gasteiger partial charge in [-0.25, -0.2) is 4.39 Å². The Hall–Kier alpha value is -2.94. The van der Waals surface area contributed by atoms with Crippen LogP contribution in [0.2, 0.25) is 5.02 Å². The van der Waals surface area contributed by atoms with Gasteiger partial charge in [0.1, 0.15) is 11.5 Å². The number of fused-ring (bicyclic) bond motifs is 1. The fourth-order valence-corrected chi connectivity index (χ4v) is 4.85. The highest BCUT2D eigenvalue weighted by Crippen LogP contribution is 2.33. The van der Waals surface area contributed by atoms with Gasteiger partial charge < -0.3 is 24.8 Å². The zero-order chi connectivity index (χ0) is 24.4. The number of carbonyl (C=O) groups excluding carboxylic acids is 1. The van der Waals surface area contributed by atoms with Crippen LogP contribution in [0, 0.1) is 11.7 Å². The summed E-state index contributed by atoms with van der Waals surface area (Å²) in [5, 5.41) is 22.9. The number of hydrogen-bond donors (Lipinski definition) is 3. The topological polar surface area (TPSA) is 101 Å². The van der Waals surface area contributed by atoms with Gasteiger partial charge in [-0.15, -0.1) is 0 Å². The molecule has 1 aliphatic heterocycles. The van der Waals surface area contributed by atoms with Crippen LogP contribution in [0.25, 0.3) is 10.9 Å². The Labute approximate surface area is 201 Å². The average molecular weight is 489 g/mol. The number of nitrogens with one attached hydrogen (secondary N) is 1. The van der Waals surface area contributed by atoms with Crippen LogP contribution < -0.4 is 5.32 Å². The first-order valence-electron chi connectivity index (χ1n) is 11.1. The first kappa shape index (κ1) is 24.2. The highest BCUT2D eigenvalue weighted by molar-refractivity contribution is 6.35. The lowest BCUT2D eigenvalue weighted by Crippen LogP contribution is -2.32. The molecule has 34 heavy (non-hydrogen) atoms. The number of aryl methyl sites for hydroxylation is 1. The van der Waals surface area contributed by atoms with Gasteiger partial charge >= 0.3 is 5.97 Å². The maximum Gasteiger partial charge on any atom is 0.311 e. The number of carboxylic acids is 1. The summed E-state index contributed by atoms with van der Waals surface area (Å²) in [4.78, 5) is 24.9. The summed E-state index contributed by atoms with van der Waals surface area (Å²) in [5.41, 5.74) is 2.19. The summed E-state index contributed by atoms with van der Waals surface area (Å²) in [6, 6.07) is 10.5. The molecule has 1 saturated heterocycles. The van der Waals surface area contributed by atoms with Crippen LogP contribution in [0.3, 0.4) is 0 Å². The third-order valence-electron chi connectivity index (χ3n) is 6.54. The van der Waals surface area contributed by atoms with Gasteiger partial charge in [-0.1, -0.05) is 35.9 Å². The SMILES string of the molecule is Cn1c(C(=O)N[C@H](CO)c2ccc(C(C(=O)O)C3CCOCC3)cc2)cc2c(Cl)c(F)ccc21. The fourth-order valence-electron chi connectivity index (χ4n) is 4.63. The van der Waals surface area contributed by atoms with Crippen molar-refractivity contribution in [2.45, 2.75) is 24.8 Å². The Morgan fingerprint density at radius 2 is 1.82 bits per heavy atom. The molecule has 3 N–H and O–H groups in total. The number of amides is 1. The summed E-state index contributed by atoms with van der Waals surface area (Å²) in [6.45, 7) is 0.751. The molecule has 4 rings (SSSR count). The third kappa shape index (κ3) is 4.66. The van der Waals surface area contributed by atoms with Gasteiger partial charge in [0.25, 0.3) is 5.91 Å². The molecule has 0 bridgehead atoms. The first-order valence-corrected chi connectivity index (χ1v) is 11.4. The van der Waals surface area contributed by atoms with E-state index in [0.29, 0.717) is 48.1 Å². The monoisotopic (exact) mass is 488 g/mol. The predicted molar refractivity (Wildman–Crippen MR) is 126 cm³/mol. The molecule has 2 atom stereocenters. The number of aliphatic hydroxyl groups excluding tert-OH is 1. The molecule has 0 radical (unpaired) electrons. The van der Waals surface area contributed by atoms with E-state index in [1.807, 2.05) is 0 Å². The minimum Gasteiger partial charge on any atom is -0.481 e. The van der Waals surface area contributed by atoms with Gasteiger partial charge in [0, 0.05) is 25.6 Å². The van der Waals surface area contributed by atoms with Crippen LogP contribution in [0.4, 0.5) is 4.39 Å². The standard InChI is InChI=1S/C25H26ClFN2O5/c1-29-20-7-6-18(27)23(26)17(20)12-21(29)24(31)28-19(13-30)14-2-4-15(5-3-14)22(25(32)33)16-8-10-34-11-9-16/h2-7,12,16,19,22,30H,8-11,13H2,1H3,(H,28,31)(H,32,33)/t19-,22?/m1/s1. The van der Waals surface area contributed by atoms with E-state index in [-0.39, 0.29) is 23.2 Å². The second-order valence-electron chi connectivity index (χ2n) is 8.52. The number of aromatic nitrogens is 1. The van der Waals surface area contributed by atoms with E-state index in [4.69, 9.17) is 16.3 Å². The minimum absolute atomic E-state index is 0.00595. The molecule has 9 heteroatoms. The Bertz CT molecular complexity index is 1200. The number of carbonyl (C=O) groups is 2. The van der Waals surface area contributed by atoms with Gasteiger partial charge in [0.15, 0.2) is 0 Å². The van der Waals surface area contributed by atoms with Crippen LogP contribution in [0.1, 0.15) is 46.4 Å². The number of ether oxygens (including phenoxy) is 1. The lowest BCUT2D eigenvalue weighted by Gasteiger charge is -2.28. The molecule has 1 aliphatic rings. The number of rotatable bonds is 7. The Morgan fingerprint density at radius 1 is 1.18 bits per heavy atom. The Kier molecular flexibility index (Phi) is 7.21. The molecule has 1 amide bonds. The minimum atomic E-state index is -0.877. The van der Waals surface area contributed by atoms with Crippen LogP contribution in [0.5, 0.6) is 0 Å². The normalized spacial score (nSPS) is 16.4. The van der Waals surface area contributed by atoms with Gasteiger partial charge in [-0.3, -0.25) is 9.59 Å². The molecule has 1 unspecified atom stereocenters. The van der Waals surface area contributed by atoms with Crippen molar-refractivity contribution in [1.29, 1.82) is 0 Å². The molecule has 0 spiro atoms.